The second-order valence-corrected chi connectivity index (χ2v) is 4.68. The van der Waals surface area contributed by atoms with Crippen molar-refractivity contribution in [3.05, 3.63) is 104 Å². The minimum absolute atomic E-state index is 1.17. The van der Waals surface area contributed by atoms with Crippen molar-refractivity contribution in [2.24, 2.45) is 0 Å². The number of allylic oxidation sites excluding steroid dienone is 2. The minimum Gasteiger partial charge on any atom is -0.0991 e. The van der Waals surface area contributed by atoms with E-state index in [1.807, 2.05) is 36.4 Å². The van der Waals surface area contributed by atoms with Gasteiger partial charge in [-0.25, -0.2) is 0 Å². The Morgan fingerprint density at radius 3 is 1.64 bits per heavy atom. The van der Waals surface area contributed by atoms with E-state index < -0.39 is 0 Å². The molecule has 0 saturated heterocycles. The van der Waals surface area contributed by atoms with Crippen LogP contribution in [0.2, 0.25) is 0 Å². The highest BCUT2D eigenvalue weighted by Crippen LogP contribution is 2.03. The standard InChI is InChI=1S/C10H14.C8H8.C4H6/c1-2-3-7-10-8-5-4-6-9-10;1-2-8-6-4-3-5-7-8;1-3-4-2/h4-6,8-9H,2-3,7H2,1H3;2-7H,1H2;3-4H,1-2H2. The van der Waals surface area contributed by atoms with Gasteiger partial charge in [-0.3, -0.25) is 0 Å². The molecule has 0 unspecified atom stereocenters. The normalized spacial score (nSPS) is 8.41. The van der Waals surface area contributed by atoms with Crippen molar-refractivity contribution >= 4 is 6.08 Å². The Morgan fingerprint density at radius 1 is 0.773 bits per heavy atom. The van der Waals surface area contributed by atoms with Crippen molar-refractivity contribution in [1.29, 1.82) is 0 Å². The molecule has 0 aliphatic carbocycles. The van der Waals surface area contributed by atoms with E-state index in [4.69, 9.17) is 0 Å². The molecule has 2 aromatic carbocycles. The Bertz CT molecular complexity index is 488. The number of unbranched alkanes of at least 4 members (excludes halogenated alkanes) is 1. The lowest BCUT2D eigenvalue weighted by molar-refractivity contribution is 0.795. The molecule has 0 fully saturated rings. The molecule has 0 atom stereocenters. The minimum atomic E-state index is 1.17. The highest BCUT2D eigenvalue weighted by molar-refractivity contribution is 5.45. The molecular formula is C22H28. The summed E-state index contributed by atoms with van der Waals surface area (Å²) in [5.41, 5.74) is 2.64. The van der Waals surface area contributed by atoms with E-state index in [2.05, 4.69) is 57.0 Å². The number of hydrogen-bond acceptors (Lipinski definition) is 0. The van der Waals surface area contributed by atoms with Crippen molar-refractivity contribution in [3.63, 3.8) is 0 Å². The molecule has 2 aromatic rings. The zero-order valence-electron chi connectivity index (χ0n) is 13.7. The fourth-order valence-corrected chi connectivity index (χ4v) is 1.61. The second kappa shape index (κ2) is 15.1. The van der Waals surface area contributed by atoms with Crippen LogP contribution in [0.3, 0.4) is 0 Å². The van der Waals surface area contributed by atoms with Crippen molar-refractivity contribution in [3.8, 4) is 0 Å². The first kappa shape index (κ1) is 19.7. The van der Waals surface area contributed by atoms with E-state index in [0.717, 1.165) is 0 Å². The Labute approximate surface area is 136 Å². The van der Waals surface area contributed by atoms with Gasteiger partial charge in [0.1, 0.15) is 0 Å². The van der Waals surface area contributed by atoms with E-state index >= 15 is 0 Å². The molecular weight excluding hydrogens is 264 g/mol. The Balaban J connectivity index is 0.000000330. The molecule has 0 heteroatoms. The molecule has 0 saturated carbocycles. The fourth-order valence-electron chi connectivity index (χ4n) is 1.61. The zero-order valence-corrected chi connectivity index (χ0v) is 13.7. The summed E-state index contributed by atoms with van der Waals surface area (Å²) in [5, 5.41) is 0. The first-order chi connectivity index (χ1) is 10.8. The van der Waals surface area contributed by atoms with Gasteiger partial charge in [-0.1, -0.05) is 112 Å². The lowest BCUT2D eigenvalue weighted by Gasteiger charge is -1.96. The van der Waals surface area contributed by atoms with Crippen molar-refractivity contribution < 1.29 is 0 Å². The van der Waals surface area contributed by atoms with Crippen LogP contribution < -0.4 is 0 Å². The van der Waals surface area contributed by atoms with Gasteiger partial charge in [0.25, 0.3) is 0 Å². The van der Waals surface area contributed by atoms with Crippen LogP contribution in [0.1, 0.15) is 30.9 Å². The maximum Gasteiger partial charge on any atom is -0.0263 e. The summed E-state index contributed by atoms with van der Waals surface area (Å²) < 4.78 is 0. The summed E-state index contributed by atoms with van der Waals surface area (Å²) >= 11 is 0. The smallest absolute Gasteiger partial charge is 0.0263 e. The van der Waals surface area contributed by atoms with E-state index in [0.29, 0.717) is 0 Å². The average molecular weight is 292 g/mol. The molecule has 0 bridgehead atoms. The molecule has 0 aromatic heterocycles. The number of hydrogen-bond donors (Lipinski definition) is 0. The quantitative estimate of drug-likeness (QED) is 0.537. The van der Waals surface area contributed by atoms with E-state index in [1.165, 1.54) is 30.4 Å². The first-order valence-electron chi connectivity index (χ1n) is 7.73. The summed E-state index contributed by atoms with van der Waals surface area (Å²) in [6.45, 7) is 12.6. The Hall–Kier alpha value is -2.34. The molecule has 0 aliphatic heterocycles. The van der Waals surface area contributed by atoms with Crippen LogP contribution in [0.4, 0.5) is 0 Å². The van der Waals surface area contributed by atoms with Gasteiger partial charge in [0.05, 0.1) is 0 Å². The molecule has 116 valence electrons. The van der Waals surface area contributed by atoms with Crippen LogP contribution in [-0.2, 0) is 6.42 Å². The van der Waals surface area contributed by atoms with Gasteiger partial charge in [0.2, 0.25) is 0 Å². The van der Waals surface area contributed by atoms with Gasteiger partial charge in [-0.2, -0.15) is 0 Å². The number of aryl methyl sites for hydroxylation is 1. The summed E-state index contributed by atoms with van der Waals surface area (Å²) in [4.78, 5) is 0. The Morgan fingerprint density at radius 2 is 1.27 bits per heavy atom. The van der Waals surface area contributed by atoms with Crippen LogP contribution in [0.25, 0.3) is 6.08 Å². The highest BCUT2D eigenvalue weighted by Gasteiger charge is 1.87. The Kier molecular flexibility index (Phi) is 13.5. The summed E-state index contributed by atoms with van der Waals surface area (Å²) in [6, 6.07) is 20.7. The van der Waals surface area contributed by atoms with Crippen LogP contribution >= 0.6 is 0 Å². The summed E-state index contributed by atoms with van der Waals surface area (Å²) in [5.74, 6) is 0. The van der Waals surface area contributed by atoms with E-state index in [-0.39, 0.29) is 0 Å². The van der Waals surface area contributed by atoms with Gasteiger partial charge < -0.3 is 0 Å². The second-order valence-electron chi connectivity index (χ2n) is 4.68. The predicted octanol–water partition coefficient (Wildman–Crippen LogP) is 6.72. The molecule has 0 heterocycles. The zero-order chi connectivity index (χ0) is 16.5. The van der Waals surface area contributed by atoms with Crippen LogP contribution in [0, 0.1) is 0 Å². The van der Waals surface area contributed by atoms with Crippen molar-refractivity contribution in [1.82, 2.24) is 0 Å². The molecule has 0 radical (unpaired) electrons. The largest absolute Gasteiger partial charge is 0.0991 e. The van der Waals surface area contributed by atoms with Crippen LogP contribution in [-0.4, -0.2) is 0 Å². The monoisotopic (exact) mass is 292 g/mol. The maximum absolute atomic E-state index is 3.63. The van der Waals surface area contributed by atoms with Crippen LogP contribution in [0.5, 0.6) is 0 Å². The average Bonchev–Trinajstić information content (AvgIpc) is 2.62. The van der Waals surface area contributed by atoms with Gasteiger partial charge >= 0.3 is 0 Å². The van der Waals surface area contributed by atoms with Gasteiger partial charge in [0.15, 0.2) is 0 Å². The van der Waals surface area contributed by atoms with Gasteiger partial charge in [-0.05, 0) is 24.0 Å². The SMILES string of the molecule is C=CC=C.C=Cc1ccccc1.CCCCc1ccccc1. The van der Waals surface area contributed by atoms with Gasteiger partial charge in [-0.15, -0.1) is 0 Å². The summed E-state index contributed by atoms with van der Waals surface area (Å²) in [6.07, 6.45) is 8.94. The molecule has 0 amide bonds. The predicted molar refractivity (Wildman–Crippen MR) is 102 cm³/mol. The lowest BCUT2D eigenvalue weighted by Crippen LogP contribution is -1.81. The van der Waals surface area contributed by atoms with E-state index in [1.54, 1.807) is 12.2 Å². The molecule has 0 spiro atoms. The topological polar surface area (TPSA) is 0 Å². The van der Waals surface area contributed by atoms with Crippen molar-refractivity contribution in [2.75, 3.05) is 0 Å². The fraction of sp³-hybridized carbons (Fsp3) is 0.182. The molecule has 0 N–H and O–H groups in total. The highest BCUT2D eigenvalue weighted by atomic mass is 13.9. The molecule has 0 nitrogen and oxygen atoms in total. The third kappa shape index (κ3) is 11.5. The summed E-state index contributed by atoms with van der Waals surface area (Å²) in [7, 11) is 0. The molecule has 0 aliphatic rings. The third-order valence-electron chi connectivity index (χ3n) is 2.86. The third-order valence-corrected chi connectivity index (χ3v) is 2.86. The van der Waals surface area contributed by atoms with Crippen LogP contribution in [0.15, 0.2) is 92.6 Å². The van der Waals surface area contributed by atoms with Gasteiger partial charge in [0, 0.05) is 0 Å². The number of rotatable bonds is 5. The van der Waals surface area contributed by atoms with E-state index in [9.17, 15) is 0 Å². The first-order valence-corrected chi connectivity index (χ1v) is 7.73. The number of benzene rings is 2. The van der Waals surface area contributed by atoms with Crippen molar-refractivity contribution in [2.45, 2.75) is 26.2 Å². The molecule has 2 rings (SSSR count). The molecule has 22 heavy (non-hydrogen) atoms. The lowest BCUT2D eigenvalue weighted by atomic mass is 10.1. The maximum atomic E-state index is 3.63.